The highest BCUT2D eigenvalue weighted by Gasteiger charge is 1.95. The molecular weight excluding hydrogens is 244 g/mol. The minimum absolute atomic E-state index is 0. The van der Waals surface area contributed by atoms with Gasteiger partial charge in [-0.05, 0) is 18.2 Å². The van der Waals surface area contributed by atoms with Gasteiger partial charge >= 0.3 is 0 Å². The highest BCUT2D eigenvalue weighted by atomic mass is 35.5. The van der Waals surface area contributed by atoms with Gasteiger partial charge in [0.05, 0.1) is 6.54 Å². The van der Waals surface area contributed by atoms with Crippen LogP contribution in [0.2, 0.25) is 0 Å². The van der Waals surface area contributed by atoms with Gasteiger partial charge in [0.15, 0.2) is 5.84 Å². The second-order valence-electron chi connectivity index (χ2n) is 2.46. The fraction of sp³-hybridized carbons (Fsp3) is 0.125. The molecule has 0 aliphatic carbocycles. The van der Waals surface area contributed by atoms with E-state index in [4.69, 9.17) is 10.9 Å². The van der Waals surface area contributed by atoms with Gasteiger partial charge in [0.1, 0.15) is 5.82 Å². The smallest absolute Gasteiger partial charge is 0.158 e. The standard InChI is InChI=1S/C8H10FN3O.2ClH/c9-6-2-1-3-7(4-6)11-5-8(10)12-13;;/h1-4,11,13H,5H2,(H2,10,12);2*1H. The molecule has 4 nitrogen and oxygen atoms in total. The van der Waals surface area contributed by atoms with Crippen molar-refractivity contribution in [1.29, 1.82) is 0 Å². The number of halogens is 3. The van der Waals surface area contributed by atoms with Crippen molar-refractivity contribution < 1.29 is 9.60 Å². The van der Waals surface area contributed by atoms with Crippen LogP contribution in [-0.4, -0.2) is 17.6 Å². The number of oxime groups is 1. The van der Waals surface area contributed by atoms with E-state index in [1.807, 2.05) is 0 Å². The number of nitrogens with zero attached hydrogens (tertiary/aromatic N) is 1. The van der Waals surface area contributed by atoms with Crippen LogP contribution in [0, 0.1) is 5.82 Å². The lowest BCUT2D eigenvalue weighted by Gasteiger charge is -2.03. The quantitative estimate of drug-likeness (QED) is 0.334. The number of rotatable bonds is 3. The largest absolute Gasteiger partial charge is 0.409 e. The molecule has 15 heavy (non-hydrogen) atoms. The molecule has 0 unspecified atom stereocenters. The first kappa shape index (κ1) is 16.2. The van der Waals surface area contributed by atoms with Crippen LogP contribution in [0.4, 0.5) is 10.1 Å². The van der Waals surface area contributed by atoms with Gasteiger partial charge in [-0.15, -0.1) is 24.8 Å². The second-order valence-corrected chi connectivity index (χ2v) is 2.46. The highest BCUT2D eigenvalue weighted by Crippen LogP contribution is 2.07. The maximum Gasteiger partial charge on any atom is 0.158 e. The molecule has 0 atom stereocenters. The normalized spacial score (nSPS) is 9.80. The van der Waals surface area contributed by atoms with Crippen LogP contribution in [-0.2, 0) is 0 Å². The summed E-state index contributed by atoms with van der Waals surface area (Å²) in [5.41, 5.74) is 5.79. The molecule has 1 rings (SSSR count). The zero-order valence-corrected chi connectivity index (χ0v) is 9.32. The van der Waals surface area contributed by atoms with Gasteiger partial charge < -0.3 is 16.3 Å². The van der Waals surface area contributed by atoms with Crippen LogP contribution >= 0.6 is 24.8 Å². The first-order valence-corrected chi connectivity index (χ1v) is 3.68. The average Bonchev–Trinajstić information content (AvgIpc) is 2.14. The summed E-state index contributed by atoms with van der Waals surface area (Å²) >= 11 is 0. The van der Waals surface area contributed by atoms with Crippen molar-refractivity contribution in [3.8, 4) is 0 Å². The summed E-state index contributed by atoms with van der Waals surface area (Å²) in [5, 5.41) is 13.8. The van der Waals surface area contributed by atoms with Crippen LogP contribution in [0.25, 0.3) is 0 Å². The van der Waals surface area contributed by atoms with Crippen molar-refractivity contribution in [3.63, 3.8) is 0 Å². The predicted octanol–water partition coefficient (Wildman–Crippen LogP) is 1.83. The second kappa shape index (κ2) is 8.14. The monoisotopic (exact) mass is 255 g/mol. The summed E-state index contributed by atoms with van der Waals surface area (Å²) in [6.45, 7) is 0.181. The van der Waals surface area contributed by atoms with Crippen LogP contribution in [0.1, 0.15) is 0 Å². The molecule has 0 bridgehead atoms. The fourth-order valence-corrected chi connectivity index (χ4v) is 0.826. The van der Waals surface area contributed by atoms with Crippen molar-refractivity contribution in [3.05, 3.63) is 30.1 Å². The molecule has 0 radical (unpaired) electrons. The molecule has 0 fully saturated rings. The first-order chi connectivity index (χ1) is 6.22. The minimum Gasteiger partial charge on any atom is -0.409 e. The summed E-state index contributed by atoms with van der Waals surface area (Å²) < 4.78 is 12.6. The molecule has 0 aliphatic heterocycles. The van der Waals surface area contributed by atoms with Crippen molar-refractivity contribution in [1.82, 2.24) is 0 Å². The topological polar surface area (TPSA) is 70.6 Å². The zero-order chi connectivity index (χ0) is 9.68. The number of benzene rings is 1. The Morgan fingerprint density at radius 2 is 2.13 bits per heavy atom. The van der Waals surface area contributed by atoms with Crippen molar-refractivity contribution in [2.45, 2.75) is 0 Å². The lowest BCUT2D eigenvalue weighted by molar-refractivity contribution is 0.317. The maximum absolute atomic E-state index is 12.6. The van der Waals surface area contributed by atoms with Gasteiger partial charge in [-0.25, -0.2) is 4.39 Å². The zero-order valence-electron chi connectivity index (χ0n) is 7.68. The molecule has 0 amide bonds. The predicted molar refractivity (Wildman–Crippen MR) is 62.8 cm³/mol. The lowest BCUT2D eigenvalue weighted by Crippen LogP contribution is -2.22. The van der Waals surface area contributed by atoms with Crippen molar-refractivity contribution in [2.75, 3.05) is 11.9 Å². The van der Waals surface area contributed by atoms with Crippen LogP contribution in [0.3, 0.4) is 0 Å². The Morgan fingerprint density at radius 3 is 2.67 bits per heavy atom. The third-order valence-electron chi connectivity index (χ3n) is 1.43. The Morgan fingerprint density at radius 1 is 1.47 bits per heavy atom. The van der Waals surface area contributed by atoms with E-state index in [2.05, 4.69) is 10.5 Å². The van der Waals surface area contributed by atoms with E-state index in [1.165, 1.54) is 12.1 Å². The summed E-state index contributed by atoms with van der Waals surface area (Å²) in [7, 11) is 0. The number of nitrogens with two attached hydrogens (primary N) is 1. The van der Waals surface area contributed by atoms with Gasteiger partial charge in [0, 0.05) is 5.69 Å². The first-order valence-electron chi connectivity index (χ1n) is 3.68. The SMILES string of the molecule is Cl.Cl.NC(CNc1cccc(F)c1)=NO. The Balaban J connectivity index is 0. The summed E-state index contributed by atoms with van der Waals surface area (Å²) in [4.78, 5) is 0. The third-order valence-corrected chi connectivity index (χ3v) is 1.43. The van der Waals surface area contributed by atoms with E-state index in [-0.39, 0.29) is 43.0 Å². The van der Waals surface area contributed by atoms with Crippen LogP contribution < -0.4 is 11.1 Å². The maximum atomic E-state index is 12.6. The van der Waals surface area contributed by atoms with Crippen molar-refractivity contribution >= 4 is 36.3 Å². The number of nitrogens with one attached hydrogen (secondary N) is 1. The van der Waals surface area contributed by atoms with E-state index >= 15 is 0 Å². The van der Waals surface area contributed by atoms with Gasteiger partial charge in [0.25, 0.3) is 0 Å². The Labute approximate surface area is 99.2 Å². The molecule has 0 aliphatic rings. The van der Waals surface area contributed by atoms with Gasteiger partial charge in [-0.1, -0.05) is 11.2 Å². The van der Waals surface area contributed by atoms with E-state index in [1.54, 1.807) is 12.1 Å². The van der Waals surface area contributed by atoms with E-state index < -0.39 is 0 Å². The minimum atomic E-state index is -0.329. The molecule has 0 spiro atoms. The average molecular weight is 256 g/mol. The molecule has 1 aromatic rings. The molecule has 4 N–H and O–H groups in total. The summed E-state index contributed by atoms with van der Waals surface area (Å²) in [6.07, 6.45) is 0. The van der Waals surface area contributed by atoms with Crippen LogP contribution in [0.5, 0.6) is 0 Å². The molecule has 1 aromatic carbocycles. The molecule has 0 saturated heterocycles. The third kappa shape index (κ3) is 5.98. The van der Waals surface area contributed by atoms with Gasteiger partial charge in [-0.2, -0.15) is 0 Å². The molecule has 86 valence electrons. The van der Waals surface area contributed by atoms with Crippen LogP contribution in [0.15, 0.2) is 29.4 Å². The number of amidine groups is 1. The van der Waals surface area contributed by atoms with E-state index in [0.717, 1.165) is 0 Å². The van der Waals surface area contributed by atoms with Gasteiger partial charge in [-0.3, -0.25) is 0 Å². The molecule has 0 saturated carbocycles. The fourth-order valence-electron chi connectivity index (χ4n) is 0.826. The molecular formula is C8H12Cl2FN3O. The lowest BCUT2D eigenvalue weighted by atomic mass is 10.3. The van der Waals surface area contributed by atoms with Crippen molar-refractivity contribution in [2.24, 2.45) is 10.9 Å². The Bertz CT molecular complexity index is 323. The number of anilines is 1. The Hall–Kier alpha value is -1.20. The Kier molecular flexibility index (Phi) is 8.81. The number of hydrogen-bond donors (Lipinski definition) is 3. The molecule has 7 heteroatoms. The molecule has 0 aromatic heterocycles. The van der Waals surface area contributed by atoms with Gasteiger partial charge in [0.2, 0.25) is 0 Å². The summed E-state index contributed by atoms with van der Waals surface area (Å²) in [5.74, 6) is -0.284. The van der Waals surface area contributed by atoms with E-state index in [9.17, 15) is 4.39 Å². The highest BCUT2D eigenvalue weighted by molar-refractivity contribution is 5.85. The summed E-state index contributed by atoms with van der Waals surface area (Å²) in [6, 6.07) is 5.93. The molecule has 0 heterocycles. The van der Waals surface area contributed by atoms with E-state index in [0.29, 0.717) is 5.69 Å². The number of hydrogen-bond acceptors (Lipinski definition) is 3.